The summed E-state index contributed by atoms with van der Waals surface area (Å²) < 4.78 is 35.3. The van der Waals surface area contributed by atoms with Crippen molar-refractivity contribution in [3.8, 4) is 0 Å². The van der Waals surface area contributed by atoms with Crippen molar-refractivity contribution < 1.29 is 13.2 Å². The highest BCUT2D eigenvalue weighted by atomic mass is 19.2. The molecule has 0 aromatic carbocycles. The van der Waals surface area contributed by atoms with Gasteiger partial charge in [0.25, 0.3) is 0 Å². The zero-order chi connectivity index (χ0) is 7.28. The summed E-state index contributed by atoms with van der Waals surface area (Å²) in [6.07, 6.45) is -2.56. The van der Waals surface area contributed by atoms with Gasteiger partial charge < -0.3 is 0 Å². The van der Waals surface area contributed by atoms with Gasteiger partial charge in [-0.2, -0.15) is 0 Å². The molecule has 0 N–H and O–H groups in total. The highest BCUT2D eigenvalue weighted by Gasteiger charge is 2.10. The van der Waals surface area contributed by atoms with E-state index in [1.165, 1.54) is 0 Å². The zero-order valence-corrected chi connectivity index (χ0v) is 4.99. The maximum absolute atomic E-state index is 12.0. The predicted molar refractivity (Wildman–Crippen MR) is 30.6 cm³/mol. The second kappa shape index (κ2) is 4.41. The molecule has 0 nitrogen and oxygen atoms in total. The second-order valence-electron chi connectivity index (χ2n) is 1.74. The number of hydrogen-bond acceptors (Lipinski definition) is 0. The first-order chi connectivity index (χ1) is 4.20. The van der Waals surface area contributed by atoms with E-state index in [0.29, 0.717) is 0 Å². The van der Waals surface area contributed by atoms with Gasteiger partial charge in [0, 0.05) is 6.42 Å². The third kappa shape index (κ3) is 4.06. The van der Waals surface area contributed by atoms with Crippen LogP contribution in [0, 0.1) is 0 Å². The SMILES string of the molecule is C=CC(F)CC(F)CF. The Hall–Kier alpha value is -0.470. The van der Waals surface area contributed by atoms with E-state index in [1.807, 2.05) is 0 Å². The molecule has 0 aliphatic heterocycles. The van der Waals surface area contributed by atoms with Crippen molar-refractivity contribution in [2.45, 2.75) is 18.8 Å². The molecule has 54 valence electrons. The summed E-state index contributed by atoms with van der Waals surface area (Å²) in [5.74, 6) is 0. The maximum Gasteiger partial charge on any atom is 0.131 e. The summed E-state index contributed by atoms with van der Waals surface area (Å²) in [7, 11) is 0. The van der Waals surface area contributed by atoms with E-state index < -0.39 is 25.4 Å². The Morgan fingerprint density at radius 2 is 2.00 bits per heavy atom. The number of rotatable bonds is 4. The topological polar surface area (TPSA) is 0 Å². The Morgan fingerprint density at radius 3 is 2.33 bits per heavy atom. The lowest BCUT2D eigenvalue weighted by atomic mass is 10.2. The van der Waals surface area contributed by atoms with Gasteiger partial charge in [-0.3, -0.25) is 0 Å². The Bertz CT molecular complexity index is 82.4. The molecule has 0 bridgehead atoms. The van der Waals surface area contributed by atoms with Crippen LogP contribution >= 0.6 is 0 Å². The van der Waals surface area contributed by atoms with Crippen molar-refractivity contribution in [1.29, 1.82) is 0 Å². The lowest BCUT2D eigenvalue weighted by Gasteiger charge is -2.02. The molecular formula is C6H9F3. The first-order valence-electron chi connectivity index (χ1n) is 2.67. The van der Waals surface area contributed by atoms with Gasteiger partial charge in [-0.05, 0) is 0 Å². The molecule has 9 heavy (non-hydrogen) atoms. The first kappa shape index (κ1) is 8.53. The van der Waals surface area contributed by atoms with E-state index in [9.17, 15) is 13.2 Å². The van der Waals surface area contributed by atoms with Crippen molar-refractivity contribution in [2.75, 3.05) is 6.67 Å². The minimum Gasteiger partial charge on any atom is -0.248 e. The maximum atomic E-state index is 12.0. The van der Waals surface area contributed by atoms with Gasteiger partial charge in [0.05, 0.1) is 0 Å². The van der Waals surface area contributed by atoms with Gasteiger partial charge in [0.15, 0.2) is 0 Å². The minimum atomic E-state index is -1.68. The third-order valence-corrected chi connectivity index (χ3v) is 0.904. The smallest absolute Gasteiger partial charge is 0.131 e. The molecule has 0 amide bonds. The van der Waals surface area contributed by atoms with Crippen molar-refractivity contribution in [3.63, 3.8) is 0 Å². The van der Waals surface area contributed by atoms with Gasteiger partial charge in [-0.25, -0.2) is 13.2 Å². The molecule has 0 aliphatic rings. The Balaban J connectivity index is 3.33. The Labute approximate surface area is 52.4 Å². The molecule has 0 saturated carbocycles. The molecule has 0 spiro atoms. The molecule has 0 radical (unpaired) electrons. The van der Waals surface area contributed by atoms with Crippen molar-refractivity contribution in [1.82, 2.24) is 0 Å². The zero-order valence-electron chi connectivity index (χ0n) is 4.99. The van der Waals surface area contributed by atoms with Gasteiger partial charge in [0.1, 0.15) is 19.0 Å². The number of halogens is 3. The summed E-state index contributed by atoms with van der Waals surface area (Å²) in [5, 5.41) is 0. The fraction of sp³-hybridized carbons (Fsp3) is 0.667. The molecule has 3 heteroatoms. The highest BCUT2D eigenvalue weighted by molar-refractivity contribution is 4.80. The minimum absolute atomic E-state index is 0.417. The summed E-state index contributed by atoms with van der Waals surface area (Å²) in [4.78, 5) is 0. The molecule has 0 aromatic heterocycles. The largest absolute Gasteiger partial charge is 0.248 e. The van der Waals surface area contributed by atoms with Crippen LogP contribution < -0.4 is 0 Å². The van der Waals surface area contributed by atoms with Crippen LogP contribution in [0.15, 0.2) is 12.7 Å². The van der Waals surface area contributed by atoms with Crippen LogP contribution in [-0.4, -0.2) is 19.0 Å². The van der Waals surface area contributed by atoms with E-state index in [-0.39, 0.29) is 0 Å². The van der Waals surface area contributed by atoms with Crippen LogP contribution in [0.4, 0.5) is 13.2 Å². The quantitative estimate of drug-likeness (QED) is 0.522. The fourth-order valence-electron chi connectivity index (χ4n) is 0.404. The van der Waals surface area contributed by atoms with Gasteiger partial charge >= 0.3 is 0 Å². The van der Waals surface area contributed by atoms with Gasteiger partial charge in [-0.15, -0.1) is 6.58 Å². The average molecular weight is 138 g/mol. The van der Waals surface area contributed by atoms with Crippen LogP contribution in [-0.2, 0) is 0 Å². The molecule has 2 unspecified atom stereocenters. The van der Waals surface area contributed by atoms with E-state index >= 15 is 0 Å². The van der Waals surface area contributed by atoms with Crippen LogP contribution in [0.1, 0.15) is 6.42 Å². The van der Waals surface area contributed by atoms with Crippen LogP contribution in [0.2, 0.25) is 0 Å². The standard InChI is InChI=1S/C6H9F3/c1-2-5(8)3-6(9)4-7/h2,5-6H,1,3-4H2. The van der Waals surface area contributed by atoms with Gasteiger partial charge in [-0.1, -0.05) is 6.08 Å². The molecule has 0 fully saturated rings. The molecule has 0 rings (SSSR count). The van der Waals surface area contributed by atoms with Crippen molar-refractivity contribution in [3.05, 3.63) is 12.7 Å². The second-order valence-corrected chi connectivity index (χ2v) is 1.74. The van der Waals surface area contributed by atoms with Crippen LogP contribution in [0.5, 0.6) is 0 Å². The molecular weight excluding hydrogens is 129 g/mol. The number of hydrogen-bond donors (Lipinski definition) is 0. The van der Waals surface area contributed by atoms with E-state index in [2.05, 4.69) is 6.58 Å². The molecule has 0 saturated heterocycles. The predicted octanol–water partition coefficient (Wildman–Crippen LogP) is 2.21. The van der Waals surface area contributed by atoms with E-state index in [0.717, 1.165) is 6.08 Å². The molecule has 0 heterocycles. The van der Waals surface area contributed by atoms with E-state index in [1.54, 1.807) is 0 Å². The van der Waals surface area contributed by atoms with Crippen molar-refractivity contribution in [2.24, 2.45) is 0 Å². The normalized spacial score (nSPS) is 16.8. The van der Waals surface area contributed by atoms with E-state index in [4.69, 9.17) is 0 Å². The van der Waals surface area contributed by atoms with Crippen LogP contribution in [0.25, 0.3) is 0 Å². The number of allylic oxidation sites excluding steroid dienone is 1. The summed E-state index contributed by atoms with van der Waals surface area (Å²) in [5.41, 5.74) is 0. The van der Waals surface area contributed by atoms with Crippen LogP contribution in [0.3, 0.4) is 0 Å². The van der Waals surface area contributed by atoms with Crippen molar-refractivity contribution >= 4 is 0 Å². The first-order valence-corrected chi connectivity index (χ1v) is 2.67. The molecule has 0 aliphatic carbocycles. The van der Waals surface area contributed by atoms with Gasteiger partial charge in [0.2, 0.25) is 0 Å². The monoisotopic (exact) mass is 138 g/mol. The number of alkyl halides is 3. The third-order valence-electron chi connectivity index (χ3n) is 0.904. The summed E-state index contributed by atoms with van der Waals surface area (Å²) in [6.45, 7) is 1.97. The Morgan fingerprint density at radius 1 is 1.44 bits per heavy atom. The lowest BCUT2D eigenvalue weighted by molar-refractivity contribution is 0.207. The summed E-state index contributed by atoms with van der Waals surface area (Å²) in [6, 6.07) is 0. The highest BCUT2D eigenvalue weighted by Crippen LogP contribution is 2.06. The molecule has 0 aromatic rings. The summed E-state index contributed by atoms with van der Waals surface area (Å²) >= 11 is 0. The molecule has 2 atom stereocenters. The fourth-order valence-corrected chi connectivity index (χ4v) is 0.404. The Kier molecular flexibility index (Phi) is 4.18. The average Bonchev–Trinajstić information content (AvgIpc) is 1.87. The lowest BCUT2D eigenvalue weighted by Crippen LogP contribution is -2.09.